The van der Waals surface area contributed by atoms with Crippen LogP contribution < -0.4 is 5.32 Å². The Labute approximate surface area is 175 Å². The predicted molar refractivity (Wildman–Crippen MR) is 119 cm³/mol. The molecule has 1 fully saturated rings. The summed E-state index contributed by atoms with van der Waals surface area (Å²) in [5.41, 5.74) is 1.24. The second-order valence-corrected chi connectivity index (χ2v) is 6.91. The number of aliphatic imine (C=N–C) groups is 1. The zero-order chi connectivity index (χ0) is 17.2. The van der Waals surface area contributed by atoms with E-state index in [0.717, 1.165) is 37.0 Å². The van der Waals surface area contributed by atoms with E-state index in [4.69, 9.17) is 16.6 Å². The first kappa shape index (κ1) is 22.5. The van der Waals surface area contributed by atoms with E-state index < -0.39 is 0 Å². The Bertz CT molecular complexity index is 501. The van der Waals surface area contributed by atoms with Crippen LogP contribution in [-0.2, 0) is 6.54 Å². The van der Waals surface area contributed by atoms with Crippen molar-refractivity contribution >= 4 is 41.5 Å². The second-order valence-electron chi connectivity index (χ2n) is 6.47. The molecule has 0 spiro atoms. The summed E-state index contributed by atoms with van der Waals surface area (Å²) in [6.07, 6.45) is 5.14. The fourth-order valence-electron chi connectivity index (χ4n) is 3.05. The van der Waals surface area contributed by atoms with Gasteiger partial charge in [-0.25, -0.2) is 0 Å². The van der Waals surface area contributed by atoms with E-state index in [2.05, 4.69) is 41.2 Å². The van der Waals surface area contributed by atoms with Crippen molar-refractivity contribution in [3.8, 4) is 0 Å². The predicted octanol–water partition coefficient (Wildman–Crippen LogP) is 4.23. The maximum atomic E-state index is 5.95. The smallest absolute Gasteiger partial charge is 0.193 e. The molecule has 0 amide bonds. The minimum absolute atomic E-state index is 0. The molecule has 1 aliphatic heterocycles. The Kier molecular flexibility index (Phi) is 11.5. The van der Waals surface area contributed by atoms with Crippen LogP contribution in [0.5, 0.6) is 0 Å². The maximum Gasteiger partial charge on any atom is 0.193 e. The number of nitrogens with one attached hydrogen (secondary N) is 1. The molecule has 1 N–H and O–H groups in total. The zero-order valence-corrected chi connectivity index (χ0v) is 18.6. The summed E-state index contributed by atoms with van der Waals surface area (Å²) in [6, 6.07) is 8.01. The molecule has 0 aromatic heterocycles. The summed E-state index contributed by atoms with van der Waals surface area (Å²) >= 11 is 5.95. The van der Waals surface area contributed by atoms with Crippen LogP contribution in [0.4, 0.5) is 0 Å². The molecular formula is C19H32ClIN4. The Balaban J connectivity index is 0.00000312. The molecule has 1 heterocycles. The van der Waals surface area contributed by atoms with E-state index in [1.807, 2.05) is 12.1 Å². The van der Waals surface area contributed by atoms with Crippen LogP contribution in [0.1, 0.15) is 38.2 Å². The molecule has 0 radical (unpaired) electrons. The quantitative estimate of drug-likeness (QED) is 0.262. The average molecular weight is 479 g/mol. The molecule has 25 heavy (non-hydrogen) atoms. The van der Waals surface area contributed by atoms with Crippen molar-refractivity contribution in [1.82, 2.24) is 15.1 Å². The number of likely N-dealkylation sites (tertiary alicyclic amines) is 1. The van der Waals surface area contributed by atoms with Gasteiger partial charge in [0.1, 0.15) is 0 Å². The number of halogens is 2. The van der Waals surface area contributed by atoms with Gasteiger partial charge in [0.2, 0.25) is 0 Å². The normalized spacial score (nSPS) is 15.1. The Morgan fingerprint density at radius 3 is 2.52 bits per heavy atom. The number of rotatable bonds is 8. The van der Waals surface area contributed by atoms with Gasteiger partial charge in [-0.3, -0.25) is 4.99 Å². The number of unbranched alkanes of at least 4 members (excludes halogenated alkanes) is 1. The van der Waals surface area contributed by atoms with Gasteiger partial charge < -0.3 is 15.1 Å². The Morgan fingerprint density at radius 2 is 1.88 bits per heavy atom. The summed E-state index contributed by atoms with van der Waals surface area (Å²) in [5, 5.41) is 4.16. The zero-order valence-electron chi connectivity index (χ0n) is 15.5. The van der Waals surface area contributed by atoms with Crippen molar-refractivity contribution in [2.45, 2.75) is 39.2 Å². The molecule has 1 aromatic rings. The highest BCUT2D eigenvalue weighted by Gasteiger charge is 2.10. The molecule has 142 valence electrons. The van der Waals surface area contributed by atoms with Crippen molar-refractivity contribution in [2.75, 3.05) is 39.8 Å². The van der Waals surface area contributed by atoms with Crippen LogP contribution in [0, 0.1) is 0 Å². The molecule has 1 aliphatic rings. The summed E-state index contributed by atoms with van der Waals surface area (Å²) in [4.78, 5) is 9.52. The largest absolute Gasteiger partial charge is 0.357 e. The van der Waals surface area contributed by atoms with Gasteiger partial charge in [0.25, 0.3) is 0 Å². The van der Waals surface area contributed by atoms with Gasteiger partial charge in [0.15, 0.2) is 5.96 Å². The van der Waals surface area contributed by atoms with Crippen molar-refractivity contribution in [3.05, 3.63) is 34.9 Å². The van der Waals surface area contributed by atoms with Gasteiger partial charge in [-0.2, -0.15) is 0 Å². The molecule has 6 heteroatoms. The molecule has 0 unspecified atom stereocenters. The Morgan fingerprint density at radius 1 is 1.20 bits per heavy atom. The highest BCUT2D eigenvalue weighted by molar-refractivity contribution is 14.0. The highest BCUT2D eigenvalue weighted by Crippen LogP contribution is 2.11. The maximum absolute atomic E-state index is 5.95. The Hall–Kier alpha value is -0.530. The van der Waals surface area contributed by atoms with E-state index in [1.54, 1.807) is 0 Å². The minimum Gasteiger partial charge on any atom is -0.357 e. The van der Waals surface area contributed by atoms with Gasteiger partial charge in [-0.05, 0) is 69.9 Å². The summed E-state index contributed by atoms with van der Waals surface area (Å²) in [6.45, 7) is 8.52. The third kappa shape index (κ3) is 8.60. The molecular weight excluding hydrogens is 447 g/mol. The lowest BCUT2D eigenvalue weighted by molar-refractivity contribution is 0.331. The number of benzene rings is 1. The van der Waals surface area contributed by atoms with Crippen molar-refractivity contribution in [2.24, 2.45) is 4.99 Å². The molecule has 4 nitrogen and oxygen atoms in total. The van der Waals surface area contributed by atoms with Gasteiger partial charge in [-0.15, -0.1) is 24.0 Å². The lowest BCUT2D eigenvalue weighted by atomic mass is 10.2. The first-order valence-electron chi connectivity index (χ1n) is 9.15. The molecule has 1 saturated heterocycles. The van der Waals surface area contributed by atoms with Crippen LogP contribution >= 0.6 is 35.6 Å². The summed E-state index contributed by atoms with van der Waals surface area (Å²) in [7, 11) is 2.08. The fourth-order valence-corrected chi connectivity index (χ4v) is 3.17. The van der Waals surface area contributed by atoms with Crippen molar-refractivity contribution in [1.29, 1.82) is 0 Å². The van der Waals surface area contributed by atoms with Crippen LogP contribution in [0.25, 0.3) is 0 Å². The first-order chi connectivity index (χ1) is 11.7. The van der Waals surface area contributed by atoms with E-state index >= 15 is 0 Å². The lowest BCUT2D eigenvalue weighted by Gasteiger charge is -2.22. The minimum atomic E-state index is 0. The molecule has 0 aliphatic carbocycles. The van der Waals surface area contributed by atoms with E-state index in [1.165, 1.54) is 44.5 Å². The lowest BCUT2D eigenvalue weighted by Crippen LogP contribution is -2.38. The molecule has 1 aromatic carbocycles. The standard InChI is InChI=1S/C19H31ClN4.HI/c1-3-21-19(22-12-4-5-13-24-14-6-7-15-24)23(2)16-17-8-10-18(20)11-9-17;/h8-11H,3-7,12-16H2,1-2H3,(H,21,22);1H. The van der Waals surface area contributed by atoms with Gasteiger partial charge in [0.05, 0.1) is 0 Å². The number of hydrogen-bond donors (Lipinski definition) is 1. The van der Waals surface area contributed by atoms with Gasteiger partial charge >= 0.3 is 0 Å². The molecule has 0 saturated carbocycles. The monoisotopic (exact) mass is 478 g/mol. The summed E-state index contributed by atoms with van der Waals surface area (Å²) < 4.78 is 0. The number of nitrogens with zero attached hydrogens (tertiary/aromatic N) is 3. The van der Waals surface area contributed by atoms with E-state index in [-0.39, 0.29) is 24.0 Å². The molecule has 0 atom stereocenters. The molecule has 2 rings (SSSR count). The van der Waals surface area contributed by atoms with E-state index in [9.17, 15) is 0 Å². The fraction of sp³-hybridized carbons (Fsp3) is 0.632. The average Bonchev–Trinajstić information content (AvgIpc) is 3.09. The highest BCUT2D eigenvalue weighted by atomic mass is 127. The van der Waals surface area contributed by atoms with Crippen molar-refractivity contribution in [3.63, 3.8) is 0 Å². The number of hydrogen-bond acceptors (Lipinski definition) is 2. The third-order valence-electron chi connectivity index (χ3n) is 4.37. The second kappa shape index (κ2) is 12.8. The number of guanidine groups is 1. The van der Waals surface area contributed by atoms with Crippen LogP contribution in [0.2, 0.25) is 5.02 Å². The van der Waals surface area contributed by atoms with E-state index in [0.29, 0.717) is 0 Å². The third-order valence-corrected chi connectivity index (χ3v) is 4.62. The summed E-state index contributed by atoms with van der Waals surface area (Å²) in [5.74, 6) is 0.980. The molecule has 0 bridgehead atoms. The topological polar surface area (TPSA) is 30.9 Å². The van der Waals surface area contributed by atoms with Gasteiger partial charge in [0, 0.05) is 31.7 Å². The van der Waals surface area contributed by atoms with Crippen molar-refractivity contribution < 1.29 is 0 Å². The first-order valence-corrected chi connectivity index (χ1v) is 9.53. The van der Waals surface area contributed by atoms with Crippen LogP contribution in [0.15, 0.2) is 29.3 Å². The van der Waals surface area contributed by atoms with Gasteiger partial charge in [-0.1, -0.05) is 23.7 Å². The van der Waals surface area contributed by atoms with Crippen LogP contribution in [0.3, 0.4) is 0 Å². The SMILES string of the molecule is CCNC(=NCCCCN1CCCC1)N(C)Cc1ccc(Cl)cc1.I. The van der Waals surface area contributed by atoms with Crippen LogP contribution in [-0.4, -0.2) is 55.5 Å².